The lowest BCUT2D eigenvalue weighted by molar-refractivity contribution is -0.162. The van der Waals surface area contributed by atoms with Crippen LogP contribution in [0.5, 0.6) is 0 Å². The molecule has 0 aromatic rings. The van der Waals surface area contributed by atoms with Crippen LogP contribution in [0.2, 0.25) is 0 Å². The molecule has 0 unspecified atom stereocenters. The van der Waals surface area contributed by atoms with E-state index < -0.39 is 5.54 Å². The Hall–Kier alpha value is -0.650. The summed E-state index contributed by atoms with van der Waals surface area (Å²) < 4.78 is 10.4. The standard InChI is InChI=1S/C12H22N2O3/c1-16-11(15)12(3-9-17-10-4-12)14-7-2-5-13-6-8-14/h13H,2-10H2,1H3. The van der Waals surface area contributed by atoms with Crippen LogP contribution in [-0.2, 0) is 14.3 Å². The number of hydrogen-bond donors (Lipinski definition) is 1. The number of esters is 1. The molecule has 0 radical (unpaired) electrons. The van der Waals surface area contributed by atoms with Crippen molar-refractivity contribution in [2.75, 3.05) is 46.5 Å². The number of nitrogens with one attached hydrogen (secondary N) is 1. The van der Waals surface area contributed by atoms with Gasteiger partial charge in [-0.2, -0.15) is 0 Å². The monoisotopic (exact) mass is 242 g/mol. The second-order valence-corrected chi connectivity index (χ2v) is 4.73. The first-order chi connectivity index (χ1) is 8.29. The Labute approximate surface area is 102 Å². The molecule has 0 spiro atoms. The third-order valence-electron chi connectivity index (χ3n) is 3.83. The summed E-state index contributed by atoms with van der Waals surface area (Å²) in [5.74, 6) is -0.0947. The van der Waals surface area contributed by atoms with E-state index in [0.29, 0.717) is 13.2 Å². The van der Waals surface area contributed by atoms with Gasteiger partial charge >= 0.3 is 5.97 Å². The van der Waals surface area contributed by atoms with Crippen LogP contribution < -0.4 is 5.32 Å². The van der Waals surface area contributed by atoms with Gasteiger partial charge in [-0.3, -0.25) is 9.69 Å². The fraction of sp³-hybridized carbons (Fsp3) is 0.917. The lowest BCUT2D eigenvalue weighted by Gasteiger charge is -2.43. The van der Waals surface area contributed by atoms with Crippen molar-refractivity contribution in [2.45, 2.75) is 24.8 Å². The first-order valence-electron chi connectivity index (χ1n) is 6.41. The van der Waals surface area contributed by atoms with Crippen LogP contribution in [0.3, 0.4) is 0 Å². The summed E-state index contributed by atoms with van der Waals surface area (Å²) in [5.41, 5.74) is -0.445. The highest BCUT2D eigenvalue weighted by Gasteiger charge is 2.46. The molecule has 0 aromatic heterocycles. The molecule has 0 aromatic carbocycles. The summed E-state index contributed by atoms with van der Waals surface area (Å²) >= 11 is 0. The second-order valence-electron chi connectivity index (χ2n) is 4.73. The fourth-order valence-corrected chi connectivity index (χ4v) is 2.82. The van der Waals surface area contributed by atoms with Gasteiger partial charge in [0.2, 0.25) is 0 Å². The van der Waals surface area contributed by atoms with Gasteiger partial charge in [0.25, 0.3) is 0 Å². The summed E-state index contributed by atoms with van der Waals surface area (Å²) in [7, 11) is 1.48. The molecule has 98 valence electrons. The third kappa shape index (κ3) is 2.61. The number of methoxy groups -OCH3 is 1. The first-order valence-corrected chi connectivity index (χ1v) is 6.41. The zero-order valence-electron chi connectivity index (χ0n) is 10.5. The summed E-state index contributed by atoms with van der Waals surface area (Å²) in [6.07, 6.45) is 2.58. The molecule has 5 nitrogen and oxygen atoms in total. The van der Waals surface area contributed by atoms with E-state index in [4.69, 9.17) is 9.47 Å². The second kappa shape index (κ2) is 5.80. The van der Waals surface area contributed by atoms with Crippen molar-refractivity contribution >= 4 is 5.97 Å². The molecule has 0 saturated carbocycles. The number of carbonyl (C=O) groups excluding carboxylic acids is 1. The van der Waals surface area contributed by atoms with Gasteiger partial charge in [0.05, 0.1) is 7.11 Å². The average molecular weight is 242 g/mol. The molecule has 2 rings (SSSR count). The predicted octanol–water partition coefficient (Wildman–Crippen LogP) is 0.00390. The zero-order chi connectivity index (χ0) is 12.1. The third-order valence-corrected chi connectivity index (χ3v) is 3.83. The molecule has 0 atom stereocenters. The van der Waals surface area contributed by atoms with E-state index in [1.807, 2.05) is 0 Å². The van der Waals surface area contributed by atoms with E-state index in [1.54, 1.807) is 0 Å². The van der Waals surface area contributed by atoms with Crippen molar-refractivity contribution in [3.05, 3.63) is 0 Å². The van der Waals surface area contributed by atoms with Crippen molar-refractivity contribution < 1.29 is 14.3 Å². The van der Waals surface area contributed by atoms with Gasteiger partial charge in [0, 0.05) is 32.8 Å². The van der Waals surface area contributed by atoms with Crippen molar-refractivity contribution in [1.82, 2.24) is 10.2 Å². The molecular formula is C12H22N2O3. The van der Waals surface area contributed by atoms with Crippen LogP contribution in [0, 0.1) is 0 Å². The molecule has 0 bridgehead atoms. The summed E-state index contributed by atoms with van der Waals surface area (Å²) in [6, 6.07) is 0. The molecule has 0 amide bonds. The summed E-state index contributed by atoms with van der Waals surface area (Å²) in [4.78, 5) is 14.5. The normalized spacial score (nSPS) is 26.2. The van der Waals surface area contributed by atoms with Crippen LogP contribution >= 0.6 is 0 Å². The SMILES string of the molecule is COC(=O)C1(N2CCCNCC2)CCOCC1. The maximum atomic E-state index is 12.2. The van der Waals surface area contributed by atoms with Crippen molar-refractivity contribution in [3.63, 3.8) is 0 Å². The highest BCUT2D eigenvalue weighted by Crippen LogP contribution is 2.29. The lowest BCUT2D eigenvalue weighted by atomic mass is 9.87. The van der Waals surface area contributed by atoms with Gasteiger partial charge in [-0.05, 0) is 25.8 Å². The van der Waals surface area contributed by atoms with Gasteiger partial charge in [0.15, 0.2) is 0 Å². The van der Waals surface area contributed by atoms with Crippen LogP contribution in [0.15, 0.2) is 0 Å². The minimum Gasteiger partial charge on any atom is -0.468 e. The van der Waals surface area contributed by atoms with Gasteiger partial charge < -0.3 is 14.8 Å². The predicted molar refractivity (Wildman–Crippen MR) is 63.9 cm³/mol. The molecule has 0 aliphatic carbocycles. The lowest BCUT2D eigenvalue weighted by Crippen LogP contribution is -2.58. The van der Waals surface area contributed by atoms with Gasteiger partial charge in [0.1, 0.15) is 5.54 Å². The minimum atomic E-state index is -0.445. The van der Waals surface area contributed by atoms with E-state index in [9.17, 15) is 4.79 Å². The molecule has 2 fully saturated rings. The highest BCUT2D eigenvalue weighted by atomic mass is 16.5. The molecule has 2 saturated heterocycles. The van der Waals surface area contributed by atoms with E-state index >= 15 is 0 Å². The number of hydrogen-bond acceptors (Lipinski definition) is 5. The highest BCUT2D eigenvalue weighted by molar-refractivity contribution is 5.81. The largest absolute Gasteiger partial charge is 0.468 e. The number of carbonyl (C=O) groups is 1. The van der Waals surface area contributed by atoms with Gasteiger partial charge in [-0.1, -0.05) is 0 Å². The van der Waals surface area contributed by atoms with Crippen molar-refractivity contribution in [2.24, 2.45) is 0 Å². The number of ether oxygens (including phenoxy) is 2. The van der Waals surface area contributed by atoms with Crippen molar-refractivity contribution in [1.29, 1.82) is 0 Å². The van der Waals surface area contributed by atoms with E-state index in [2.05, 4.69) is 10.2 Å². The molecular weight excluding hydrogens is 220 g/mol. The summed E-state index contributed by atoms with van der Waals surface area (Å²) in [6.45, 7) is 5.15. The topological polar surface area (TPSA) is 50.8 Å². The smallest absolute Gasteiger partial charge is 0.326 e. The Balaban J connectivity index is 2.15. The molecule has 2 aliphatic heterocycles. The molecule has 2 heterocycles. The van der Waals surface area contributed by atoms with Crippen molar-refractivity contribution in [3.8, 4) is 0 Å². The Kier molecular flexibility index (Phi) is 4.36. The minimum absolute atomic E-state index is 0.0947. The quantitative estimate of drug-likeness (QED) is 0.691. The van der Waals surface area contributed by atoms with E-state index in [1.165, 1.54) is 7.11 Å². The van der Waals surface area contributed by atoms with E-state index in [0.717, 1.165) is 45.4 Å². The zero-order valence-corrected chi connectivity index (χ0v) is 10.5. The van der Waals surface area contributed by atoms with Gasteiger partial charge in [-0.25, -0.2) is 0 Å². The number of rotatable bonds is 2. The fourth-order valence-electron chi connectivity index (χ4n) is 2.82. The maximum absolute atomic E-state index is 12.2. The first kappa shape index (κ1) is 12.8. The Morgan fingerprint density at radius 2 is 2.06 bits per heavy atom. The molecule has 17 heavy (non-hydrogen) atoms. The maximum Gasteiger partial charge on any atom is 0.326 e. The number of nitrogens with zero attached hydrogens (tertiary/aromatic N) is 1. The Morgan fingerprint density at radius 1 is 1.29 bits per heavy atom. The van der Waals surface area contributed by atoms with Crippen LogP contribution in [0.4, 0.5) is 0 Å². The molecule has 5 heteroatoms. The Bertz CT molecular complexity index is 256. The van der Waals surface area contributed by atoms with E-state index in [-0.39, 0.29) is 5.97 Å². The molecule has 2 aliphatic rings. The Morgan fingerprint density at radius 3 is 2.76 bits per heavy atom. The van der Waals surface area contributed by atoms with Crippen LogP contribution in [0.25, 0.3) is 0 Å². The van der Waals surface area contributed by atoms with Crippen LogP contribution in [-0.4, -0.2) is 62.9 Å². The molecule has 1 N–H and O–H groups in total. The summed E-state index contributed by atoms with van der Waals surface area (Å²) in [5, 5.41) is 3.37. The van der Waals surface area contributed by atoms with Crippen LogP contribution in [0.1, 0.15) is 19.3 Å². The van der Waals surface area contributed by atoms with Gasteiger partial charge in [-0.15, -0.1) is 0 Å². The average Bonchev–Trinajstić information content (AvgIpc) is 2.67.